The molecule has 1 aromatic carbocycles. The Kier molecular flexibility index (Phi) is 8.63. The maximum absolute atomic E-state index is 13.2. The van der Waals surface area contributed by atoms with Gasteiger partial charge in [-0.3, -0.25) is 4.79 Å². The molecule has 1 amide bonds. The highest BCUT2D eigenvalue weighted by atomic mass is 35.5. The van der Waals surface area contributed by atoms with Gasteiger partial charge in [-0.25, -0.2) is 18.4 Å². The summed E-state index contributed by atoms with van der Waals surface area (Å²) in [5.41, 5.74) is 0.637. The Labute approximate surface area is 198 Å². The molecule has 0 aliphatic heterocycles. The van der Waals surface area contributed by atoms with Crippen molar-refractivity contribution in [1.82, 2.24) is 9.97 Å². The number of ether oxygens (including phenoxy) is 1. The van der Waals surface area contributed by atoms with E-state index in [2.05, 4.69) is 15.3 Å². The lowest BCUT2D eigenvalue weighted by molar-refractivity contribution is -0.118. The zero-order valence-corrected chi connectivity index (χ0v) is 19.8. The molecule has 0 saturated heterocycles. The standard InChI is InChI=1S/C22H28ClN3O6S/c1-33(30,31)19-7-6-15(9-18(19)23)17(8-14-4-2-3-5-14)22(29)26-20-10-25-21(11-24-20)32-16(12-27)13-28/h6-7,9-11,14,16-17,27-28H,2-5,8,12-13H2,1H3,(H,24,26,29). The van der Waals surface area contributed by atoms with Crippen LogP contribution < -0.4 is 10.1 Å². The number of nitrogens with one attached hydrogen (secondary N) is 1. The van der Waals surface area contributed by atoms with Crippen molar-refractivity contribution in [3.63, 3.8) is 0 Å². The minimum absolute atomic E-state index is 0.0264. The Balaban J connectivity index is 1.79. The summed E-state index contributed by atoms with van der Waals surface area (Å²) < 4.78 is 29.1. The van der Waals surface area contributed by atoms with Gasteiger partial charge in [-0.05, 0) is 30.0 Å². The molecule has 1 fully saturated rings. The van der Waals surface area contributed by atoms with Gasteiger partial charge in [0.05, 0.1) is 41.4 Å². The zero-order chi connectivity index (χ0) is 24.0. The molecular formula is C22H28ClN3O6S. The third-order valence-electron chi connectivity index (χ3n) is 5.69. The number of aliphatic hydroxyl groups excluding tert-OH is 2. The van der Waals surface area contributed by atoms with Crippen LogP contribution in [-0.2, 0) is 14.6 Å². The number of amides is 1. The van der Waals surface area contributed by atoms with E-state index in [-0.39, 0.29) is 40.7 Å². The molecule has 1 atom stereocenters. The average Bonchev–Trinajstić information content (AvgIpc) is 3.29. The number of benzene rings is 1. The number of rotatable bonds is 10. The van der Waals surface area contributed by atoms with Crippen molar-refractivity contribution in [3.8, 4) is 5.88 Å². The number of aromatic nitrogens is 2. The summed E-state index contributed by atoms with van der Waals surface area (Å²) in [6.45, 7) is -0.750. The van der Waals surface area contributed by atoms with Crippen molar-refractivity contribution in [1.29, 1.82) is 0 Å². The van der Waals surface area contributed by atoms with Crippen molar-refractivity contribution in [3.05, 3.63) is 41.2 Å². The van der Waals surface area contributed by atoms with E-state index in [1.54, 1.807) is 12.1 Å². The average molecular weight is 498 g/mol. The van der Waals surface area contributed by atoms with Gasteiger partial charge in [0.25, 0.3) is 0 Å². The number of aliphatic hydroxyl groups is 2. The first-order valence-corrected chi connectivity index (χ1v) is 13.0. The second-order valence-corrected chi connectivity index (χ2v) is 10.6. The van der Waals surface area contributed by atoms with E-state index in [9.17, 15) is 13.2 Å². The van der Waals surface area contributed by atoms with Crippen LogP contribution in [0.15, 0.2) is 35.5 Å². The molecule has 3 rings (SSSR count). The first-order chi connectivity index (χ1) is 15.7. The molecule has 11 heteroatoms. The van der Waals surface area contributed by atoms with Crippen LogP contribution >= 0.6 is 11.6 Å². The van der Waals surface area contributed by atoms with Crippen LogP contribution in [0.2, 0.25) is 5.02 Å². The fraction of sp³-hybridized carbons (Fsp3) is 0.500. The Morgan fingerprint density at radius 1 is 1.21 bits per heavy atom. The van der Waals surface area contributed by atoms with Gasteiger partial charge in [0.15, 0.2) is 15.7 Å². The largest absolute Gasteiger partial charge is 0.468 e. The van der Waals surface area contributed by atoms with Crippen LogP contribution in [0.5, 0.6) is 5.88 Å². The van der Waals surface area contributed by atoms with E-state index in [1.807, 2.05) is 0 Å². The third kappa shape index (κ3) is 6.86. The number of halogens is 1. The molecule has 1 aliphatic rings. The number of hydrogen-bond acceptors (Lipinski definition) is 8. The Morgan fingerprint density at radius 3 is 2.45 bits per heavy atom. The van der Waals surface area contributed by atoms with Crippen molar-refractivity contribution >= 4 is 33.2 Å². The molecule has 2 aromatic rings. The summed E-state index contributed by atoms with van der Waals surface area (Å²) in [6, 6.07) is 4.62. The monoisotopic (exact) mass is 497 g/mol. The lowest BCUT2D eigenvalue weighted by Gasteiger charge is -2.21. The van der Waals surface area contributed by atoms with E-state index in [4.69, 9.17) is 26.6 Å². The van der Waals surface area contributed by atoms with Gasteiger partial charge in [-0.15, -0.1) is 0 Å². The van der Waals surface area contributed by atoms with Crippen LogP contribution in [0, 0.1) is 5.92 Å². The summed E-state index contributed by atoms with van der Waals surface area (Å²) in [5.74, 6) is -0.120. The quantitative estimate of drug-likeness (QED) is 0.455. The maximum Gasteiger partial charge on any atom is 0.233 e. The Bertz CT molecular complexity index is 1050. The van der Waals surface area contributed by atoms with Gasteiger partial charge in [-0.2, -0.15) is 0 Å². The summed E-state index contributed by atoms with van der Waals surface area (Å²) >= 11 is 6.24. The van der Waals surface area contributed by atoms with Crippen LogP contribution in [0.4, 0.5) is 5.82 Å². The molecule has 1 aromatic heterocycles. The molecule has 1 unspecified atom stereocenters. The summed E-state index contributed by atoms with van der Waals surface area (Å²) in [6.07, 6.45) is 7.85. The minimum Gasteiger partial charge on any atom is -0.468 e. The highest BCUT2D eigenvalue weighted by molar-refractivity contribution is 7.90. The molecule has 180 valence electrons. The highest BCUT2D eigenvalue weighted by Gasteiger charge is 2.28. The third-order valence-corrected chi connectivity index (χ3v) is 7.27. The highest BCUT2D eigenvalue weighted by Crippen LogP contribution is 2.36. The number of hydrogen-bond donors (Lipinski definition) is 3. The molecule has 1 heterocycles. The van der Waals surface area contributed by atoms with E-state index < -0.39 is 21.9 Å². The molecular weight excluding hydrogens is 470 g/mol. The molecule has 0 spiro atoms. The van der Waals surface area contributed by atoms with Gasteiger partial charge in [0.2, 0.25) is 11.8 Å². The van der Waals surface area contributed by atoms with Crippen molar-refractivity contribution in [2.24, 2.45) is 5.92 Å². The molecule has 1 aliphatic carbocycles. The van der Waals surface area contributed by atoms with Gasteiger partial charge in [0.1, 0.15) is 6.10 Å². The number of carbonyl (C=O) groups excluding carboxylic acids is 1. The van der Waals surface area contributed by atoms with Crippen molar-refractivity contribution in [2.75, 3.05) is 24.8 Å². The SMILES string of the molecule is CS(=O)(=O)c1ccc(C(CC2CCCC2)C(=O)Nc2cnc(OC(CO)CO)cn2)cc1Cl. The minimum atomic E-state index is -3.48. The normalized spacial score (nSPS) is 15.5. The second kappa shape index (κ2) is 11.2. The zero-order valence-electron chi connectivity index (χ0n) is 18.3. The van der Waals surface area contributed by atoms with Crippen molar-refractivity contribution in [2.45, 2.75) is 49.0 Å². The topological polar surface area (TPSA) is 139 Å². The first-order valence-electron chi connectivity index (χ1n) is 10.7. The first kappa shape index (κ1) is 25.4. The summed E-state index contributed by atoms with van der Waals surface area (Å²) in [5, 5.41) is 21.0. The molecule has 33 heavy (non-hydrogen) atoms. The van der Waals surface area contributed by atoms with Gasteiger partial charge in [0, 0.05) is 6.26 Å². The van der Waals surface area contributed by atoms with Crippen LogP contribution in [0.1, 0.15) is 43.6 Å². The fourth-order valence-corrected chi connectivity index (χ4v) is 5.30. The predicted octanol–water partition coefficient (Wildman–Crippen LogP) is 2.57. The lowest BCUT2D eigenvalue weighted by Crippen LogP contribution is -2.26. The van der Waals surface area contributed by atoms with Gasteiger partial charge >= 0.3 is 0 Å². The maximum atomic E-state index is 13.2. The van der Waals surface area contributed by atoms with E-state index in [1.165, 1.54) is 18.5 Å². The predicted molar refractivity (Wildman–Crippen MR) is 123 cm³/mol. The van der Waals surface area contributed by atoms with E-state index in [0.717, 1.165) is 31.9 Å². The smallest absolute Gasteiger partial charge is 0.233 e. The Morgan fingerprint density at radius 2 is 1.91 bits per heavy atom. The lowest BCUT2D eigenvalue weighted by atomic mass is 9.87. The van der Waals surface area contributed by atoms with Crippen LogP contribution in [0.25, 0.3) is 0 Å². The number of carbonyl (C=O) groups is 1. The Hall–Kier alpha value is -2.27. The molecule has 0 bridgehead atoms. The van der Waals surface area contributed by atoms with E-state index >= 15 is 0 Å². The van der Waals surface area contributed by atoms with Crippen molar-refractivity contribution < 1.29 is 28.2 Å². The molecule has 9 nitrogen and oxygen atoms in total. The number of sulfone groups is 1. The number of nitrogens with zero attached hydrogens (tertiary/aromatic N) is 2. The van der Waals surface area contributed by atoms with E-state index in [0.29, 0.717) is 17.9 Å². The van der Waals surface area contributed by atoms with Gasteiger partial charge in [-0.1, -0.05) is 43.4 Å². The fourth-order valence-electron chi connectivity index (χ4n) is 3.97. The van der Waals surface area contributed by atoms with Crippen LogP contribution in [0.3, 0.4) is 0 Å². The second-order valence-electron chi connectivity index (χ2n) is 8.23. The molecule has 0 radical (unpaired) electrons. The molecule has 3 N–H and O–H groups in total. The summed E-state index contributed by atoms with van der Waals surface area (Å²) in [7, 11) is -3.48. The van der Waals surface area contributed by atoms with Crippen LogP contribution in [-0.4, -0.2) is 60.1 Å². The van der Waals surface area contributed by atoms with Gasteiger partial charge < -0.3 is 20.3 Å². The summed E-state index contributed by atoms with van der Waals surface area (Å²) in [4.78, 5) is 21.4. The molecule has 1 saturated carbocycles. The number of anilines is 1.